The van der Waals surface area contributed by atoms with Gasteiger partial charge in [-0.1, -0.05) is 12.1 Å². The largest absolute Gasteiger partial charge is 0.416 e. The molecule has 4 rings (SSSR count). The molecule has 2 aliphatic rings. The second kappa shape index (κ2) is 7.33. The first-order valence-corrected chi connectivity index (χ1v) is 8.82. The third kappa shape index (κ3) is 3.58. The van der Waals surface area contributed by atoms with Gasteiger partial charge < -0.3 is 4.90 Å². The van der Waals surface area contributed by atoms with Crippen molar-refractivity contribution >= 4 is 18.3 Å². The number of rotatable bonds is 2. The highest BCUT2D eigenvalue weighted by atomic mass is 35.5. The van der Waals surface area contributed by atoms with Crippen LogP contribution in [0.5, 0.6) is 0 Å². The fourth-order valence-electron chi connectivity index (χ4n) is 3.89. The highest BCUT2D eigenvalue weighted by Crippen LogP contribution is 2.38. The molecule has 3 heterocycles. The Morgan fingerprint density at radius 1 is 1.18 bits per heavy atom. The van der Waals surface area contributed by atoms with E-state index in [0.29, 0.717) is 17.1 Å². The summed E-state index contributed by atoms with van der Waals surface area (Å²) < 4.78 is 38.2. The number of carbonyl (C=O) groups is 1. The van der Waals surface area contributed by atoms with Gasteiger partial charge in [0.2, 0.25) is 5.91 Å². The Labute approximate surface area is 166 Å². The van der Waals surface area contributed by atoms with Crippen LogP contribution in [0.3, 0.4) is 0 Å². The first kappa shape index (κ1) is 20.5. The Kier molecular flexibility index (Phi) is 5.38. The number of amides is 1. The van der Waals surface area contributed by atoms with E-state index in [1.807, 2.05) is 0 Å². The number of aromatic nitrogens is 2. The van der Waals surface area contributed by atoms with E-state index in [1.54, 1.807) is 24.2 Å². The molecular formula is C19H20ClF3N4O. The molecule has 0 aliphatic carbocycles. The highest BCUT2D eigenvalue weighted by Gasteiger charge is 2.50. The molecule has 0 unspecified atom stereocenters. The van der Waals surface area contributed by atoms with Crippen LogP contribution in [0.2, 0.25) is 0 Å². The number of likely N-dealkylation sites (N-methyl/N-ethyl adjacent to an activating group) is 1. The van der Waals surface area contributed by atoms with E-state index in [4.69, 9.17) is 0 Å². The summed E-state index contributed by atoms with van der Waals surface area (Å²) in [7, 11) is 1.80. The molecule has 150 valence electrons. The third-order valence-corrected chi connectivity index (χ3v) is 5.43. The van der Waals surface area contributed by atoms with Crippen LogP contribution in [0.25, 0.3) is 11.3 Å². The van der Waals surface area contributed by atoms with Gasteiger partial charge >= 0.3 is 6.18 Å². The van der Waals surface area contributed by atoms with Gasteiger partial charge in [-0.05, 0) is 37.5 Å². The smallest absolute Gasteiger partial charge is 0.344 e. The molecule has 28 heavy (non-hydrogen) atoms. The molecule has 2 aliphatic heterocycles. The van der Waals surface area contributed by atoms with Crippen LogP contribution in [0.15, 0.2) is 36.5 Å². The molecule has 2 atom stereocenters. The number of nitrogens with one attached hydrogen (secondary N) is 1. The Bertz CT molecular complexity index is 874. The minimum atomic E-state index is -4.36. The summed E-state index contributed by atoms with van der Waals surface area (Å²) in [6.45, 7) is 0.727. The van der Waals surface area contributed by atoms with E-state index in [-0.39, 0.29) is 24.4 Å². The monoisotopic (exact) mass is 412 g/mol. The van der Waals surface area contributed by atoms with Crippen molar-refractivity contribution in [3.8, 4) is 11.3 Å². The van der Waals surface area contributed by atoms with Crippen molar-refractivity contribution < 1.29 is 18.0 Å². The quantitative estimate of drug-likeness (QED) is 0.818. The normalized spacial score (nSPS) is 24.6. The van der Waals surface area contributed by atoms with Crippen molar-refractivity contribution in [2.45, 2.75) is 37.0 Å². The van der Waals surface area contributed by atoms with Gasteiger partial charge in [-0.3, -0.25) is 10.1 Å². The zero-order valence-corrected chi connectivity index (χ0v) is 16.0. The van der Waals surface area contributed by atoms with E-state index in [1.165, 1.54) is 12.1 Å². The van der Waals surface area contributed by atoms with Crippen LogP contribution >= 0.6 is 12.4 Å². The maximum atomic E-state index is 12.7. The topological polar surface area (TPSA) is 58.1 Å². The highest BCUT2D eigenvalue weighted by molar-refractivity contribution is 5.88. The third-order valence-electron chi connectivity index (χ3n) is 5.43. The van der Waals surface area contributed by atoms with Crippen molar-refractivity contribution in [1.29, 1.82) is 0 Å². The van der Waals surface area contributed by atoms with E-state index >= 15 is 0 Å². The van der Waals surface area contributed by atoms with Crippen molar-refractivity contribution in [3.63, 3.8) is 0 Å². The van der Waals surface area contributed by atoms with Gasteiger partial charge in [-0.2, -0.15) is 13.2 Å². The number of hydrogen-bond donors (Lipinski definition) is 1. The molecule has 0 saturated carbocycles. The molecule has 2 fully saturated rings. The zero-order chi connectivity index (χ0) is 19.2. The van der Waals surface area contributed by atoms with Crippen LogP contribution in [-0.4, -0.2) is 39.9 Å². The Hall–Kier alpha value is -2.19. The van der Waals surface area contributed by atoms with Crippen LogP contribution < -0.4 is 5.32 Å². The predicted molar refractivity (Wildman–Crippen MR) is 99.8 cm³/mol. The first-order valence-electron chi connectivity index (χ1n) is 8.82. The lowest BCUT2D eigenvalue weighted by molar-refractivity contribution is -0.137. The molecule has 9 heteroatoms. The fraction of sp³-hybridized carbons (Fsp3) is 0.421. The molecular weight excluding hydrogens is 393 g/mol. The first-order chi connectivity index (χ1) is 12.8. The molecule has 0 bridgehead atoms. The summed E-state index contributed by atoms with van der Waals surface area (Å²) >= 11 is 0. The molecule has 2 saturated heterocycles. The molecule has 2 aromatic rings. The Morgan fingerprint density at radius 2 is 1.89 bits per heavy atom. The number of benzene rings is 1. The summed E-state index contributed by atoms with van der Waals surface area (Å²) in [5.41, 5.74) is -0.0705. The lowest BCUT2D eigenvalue weighted by atomic mass is 9.96. The van der Waals surface area contributed by atoms with E-state index in [2.05, 4.69) is 15.3 Å². The molecule has 5 nitrogen and oxygen atoms in total. The average Bonchev–Trinajstić information content (AvgIpc) is 3.21. The predicted octanol–water partition coefficient (Wildman–Crippen LogP) is 3.61. The standard InChI is InChI=1S/C19H19F3N4O.ClH/c1-26-11-9-18(17(26)27)8-6-15(25-18)16-23-10-7-14(24-16)12-2-4-13(5-3-12)19(20,21)22;/h2-5,7,10,15,25H,6,8-9,11H2,1H3;1H/t15-,18-;/m0./s1. The summed E-state index contributed by atoms with van der Waals surface area (Å²) in [6.07, 6.45) is -0.523. The number of carbonyl (C=O) groups excluding carboxylic acids is 1. The summed E-state index contributed by atoms with van der Waals surface area (Å²) in [6, 6.07) is 6.45. The van der Waals surface area contributed by atoms with Crippen LogP contribution in [-0.2, 0) is 11.0 Å². The minimum absolute atomic E-state index is 0. The van der Waals surface area contributed by atoms with Crippen molar-refractivity contribution in [1.82, 2.24) is 20.2 Å². The van der Waals surface area contributed by atoms with Crippen molar-refractivity contribution in [2.75, 3.05) is 13.6 Å². The molecule has 1 spiro atoms. The van der Waals surface area contributed by atoms with E-state index < -0.39 is 17.3 Å². The fourth-order valence-corrected chi connectivity index (χ4v) is 3.89. The van der Waals surface area contributed by atoms with Crippen LogP contribution in [0.4, 0.5) is 13.2 Å². The van der Waals surface area contributed by atoms with Gasteiger partial charge in [0, 0.05) is 25.4 Å². The van der Waals surface area contributed by atoms with Gasteiger partial charge in [-0.25, -0.2) is 9.97 Å². The van der Waals surface area contributed by atoms with Gasteiger partial charge in [-0.15, -0.1) is 12.4 Å². The van der Waals surface area contributed by atoms with E-state index in [0.717, 1.165) is 37.9 Å². The number of hydrogen-bond acceptors (Lipinski definition) is 4. The number of nitrogens with zero attached hydrogens (tertiary/aromatic N) is 3. The van der Waals surface area contributed by atoms with E-state index in [9.17, 15) is 18.0 Å². The maximum absolute atomic E-state index is 12.7. The molecule has 0 radical (unpaired) electrons. The number of alkyl halides is 3. The molecule has 1 aromatic heterocycles. The summed E-state index contributed by atoms with van der Waals surface area (Å²) in [5.74, 6) is 0.663. The van der Waals surface area contributed by atoms with Gasteiger partial charge in [0.25, 0.3) is 0 Å². The molecule has 1 aromatic carbocycles. The van der Waals surface area contributed by atoms with Gasteiger partial charge in [0.1, 0.15) is 11.4 Å². The van der Waals surface area contributed by atoms with Gasteiger partial charge in [0.05, 0.1) is 17.3 Å². The number of halogens is 4. The summed E-state index contributed by atoms with van der Waals surface area (Å²) in [4.78, 5) is 23.0. The van der Waals surface area contributed by atoms with Crippen molar-refractivity contribution in [3.05, 3.63) is 47.9 Å². The van der Waals surface area contributed by atoms with Crippen LogP contribution in [0, 0.1) is 0 Å². The lowest BCUT2D eigenvalue weighted by Gasteiger charge is -2.23. The maximum Gasteiger partial charge on any atom is 0.416 e. The van der Waals surface area contributed by atoms with Gasteiger partial charge in [0.15, 0.2) is 0 Å². The second-order valence-corrected chi connectivity index (χ2v) is 7.17. The van der Waals surface area contributed by atoms with Crippen molar-refractivity contribution in [2.24, 2.45) is 0 Å². The number of likely N-dealkylation sites (tertiary alicyclic amines) is 1. The summed E-state index contributed by atoms with van der Waals surface area (Å²) in [5, 5.41) is 3.41. The zero-order valence-electron chi connectivity index (χ0n) is 15.2. The SMILES string of the molecule is CN1CC[C@@]2(CC[C@@H](c3nccc(-c4ccc(C(F)(F)F)cc4)n3)N2)C1=O.Cl. The Balaban J connectivity index is 0.00000225. The van der Waals surface area contributed by atoms with Crippen LogP contribution in [0.1, 0.15) is 36.7 Å². The average molecular weight is 413 g/mol. The second-order valence-electron chi connectivity index (χ2n) is 7.17. The minimum Gasteiger partial charge on any atom is -0.344 e. The molecule has 1 amide bonds. The Morgan fingerprint density at radius 3 is 2.50 bits per heavy atom. The molecule has 1 N–H and O–H groups in total. The lowest BCUT2D eigenvalue weighted by Crippen LogP contribution is -2.47.